The van der Waals surface area contributed by atoms with Gasteiger partial charge in [-0.1, -0.05) is 55.2 Å². The van der Waals surface area contributed by atoms with Crippen molar-refractivity contribution in [2.24, 2.45) is 4.99 Å². The molecular formula is C27H22Cl2INO4. The maximum absolute atomic E-state index is 12.5. The molecule has 8 heteroatoms. The third-order valence-corrected chi connectivity index (χ3v) is 6.91. The van der Waals surface area contributed by atoms with Gasteiger partial charge in [0, 0.05) is 5.56 Å². The van der Waals surface area contributed by atoms with E-state index >= 15 is 0 Å². The molecule has 0 bridgehead atoms. The smallest absolute Gasteiger partial charge is 0.363 e. The Morgan fingerprint density at radius 1 is 1.06 bits per heavy atom. The first-order valence-electron chi connectivity index (χ1n) is 10.8. The van der Waals surface area contributed by atoms with Crippen molar-refractivity contribution in [2.75, 3.05) is 7.11 Å². The predicted molar refractivity (Wildman–Crippen MR) is 148 cm³/mol. The van der Waals surface area contributed by atoms with Gasteiger partial charge in [-0.05, 0) is 87.7 Å². The highest BCUT2D eigenvalue weighted by molar-refractivity contribution is 14.1. The first-order valence-corrected chi connectivity index (χ1v) is 12.7. The summed E-state index contributed by atoms with van der Waals surface area (Å²) in [6, 6.07) is 16.9. The number of esters is 1. The Balaban J connectivity index is 1.56. The van der Waals surface area contributed by atoms with Gasteiger partial charge < -0.3 is 14.2 Å². The summed E-state index contributed by atoms with van der Waals surface area (Å²) in [4.78, 5) is 16.9. The monoisotopic (exact) mass is 621 g/mol. The standard InChI is InChI=1S/C27H22Cl2INO4/c1-15(2)18-5-7-19(8-6-18)26-31-23(27(32)35-26)12-17-11-22(30)25(24(13-17)33-3)34-14-16-4-9-20(28)21(29)10-16/h4-13,15H,14H2,1-3H3/b23-12-. The summed E-state index contributed by atoms with van der Waals surface area (Å²) < 4.78 is 17.8. The Morgan fingerprint density at radius 2 is 1.80 bits per heavy atom. The second kappa shape index (κ2) is 11.0. The van der Waals surface area contributed by atoms with Crippen LogP contribution in [0.2, 0.25) is 10.0 Å². The number of methoxy groups -OCH3 is 1. The lowest BCUT2D eigenvalue weighted by atomic mass is 10.0. The van der Waals surface area contributed by atoms with Crippen LogP contribution in [0.3, 0.4) is 0 Å². The maximum Gasteiger partial charge on any atom is 0.363 e. The summed E-state index contributed by atoms with van der Waals surface area (Å²) in [5, 5.41) is 0.958. The molecule has 3 aromatic rings. The molecule has 0 fully saturated rings. The first-order chi connectivity index (χ1) is 16.7. The highest BCUT2D eigenvalue weighted by Gasteiger charge is 2.24. The van der Waals surface area contributed by atoms with Crippen molar-refractivity contribution in [1.29, 1.82) is 0 Å². The molecule has 0 unspecified atom stereocenters. The second-order valence-corrected chi connectivity index (χ2v) is 10.2. The average Bonchev–Trinajstić information content (AvgIpc) is 3.20. The molecule has 0 aromatic heterocycles. The summed E-state index contributed by atoms with van der Waals surface area (Å²) in [6.45, 7) is 4.55. The summed E-state index contributed by atoms with van der Waals surface area (Å²) in [5.74, 6) is 1.33. The van der Waals surface area contributed by atoms with Crippen LogP contribution in [-0.4, -0.2) is 19.0 Å². The summed E-state index contributed by atoms with van der Waals surface area (Å²) in [6.07, 6.45) is 1.67. The topological polar surface area (TPSA) is 57.1 Å². The van der Waals surface area contributed by atoms with Gasteiger partial charge in [0.05, 0.1) is 20.7 Å². The van der Waals surface area contributed by atoms with Gasteiger partial charge in [0.15, 0.2) is 17.2 Å². The molecule has 0 saturated carbocycles. The Morgan fingerprint density at radius 3 is 2.46 bits per heavy atom. The molecule has 1 aliphatic rings. The fourth-order valence-corrected chi connectivity index (χ4v) is 4.55. The number of aliphatic imine (C=N–C) groups is 1. The SMILES string of the molecule is COc1cc(/C=C2\N=C(c3ccc(C(C)C)cc3)OC2=O)cc(I)c1OCc1ccc(Cl)c(Cl)c1. The van der Waals surface area contributed by atoms with Gasteiger partial charge in [-0.2, -0.15) is 0 Å². The fraction of sp³-hybridized carbons (Fsp3) is 0.185. The second-order valence-electron chi connectivity index (χ2n) is 8.18. The molecule has 5 nitrogen and oxygen atoms in total. The van der Waals surface area contributed by atoms with Crippen LogP contribution in [-0.2, 0) is 16.1 Å². The van der Waals surface area contributed by atoms with Gasteiger partial charge in [0.25, 0.3) is 0 Å². The van der Waals surface area contributed by atoms with E-state index in [1.807, 2.05) is 36.4 Å². The molecule has 1 aliphatic heterocycles. The van der Waals surface area contributed by atoms with Gasteiger partial charge >= 0.3 is 5.97 Å². The molecule has 0 radical (unpaired) electrons. The van der Waals surface area contributed by atoms with Crippen LogP contribution in [0, 0.1) is 3.57 Å². The van der Waals surface area contributed by atoms with Gasteiger partial charge in [-0.3, -0.25) is 0 Å². The fourth-order valence-electron chi connectivity index (χ4n) is 3.45. The zero-order valence-corrected chi connectivity index (χ0v) is 22.9. The van der Waals surface area contributed by atoms with E-state index in [-0.39, 0.29) is 5.70 Å². The van der Waals surface area contributed by atoms with Crippen LogP contribution in [0.25, 0.3) is 6.08 Å². The van der Waals surface area contributed by atoms with Crippen LogP contribution in [0.4, 0.5) is 0 Å². The summed E-state index contributed by atoms with van der Waals surface area (Å²) in [7, 11) is 1.56. The minimum atomic E-state index is -0.498. The van der Waals surface area contributed by atoms with E-state index in [0.29, 0.717) is 40.0 Å². The molecule has 0 atom stereocenters. The molecule has 0 N–H and O–H groups in total. The van der Waals surface area contributed by atoms with E-state index in [4.69, 9.17) is 37.4 Å². The summed E-state index contributed by atoms with van der Waals surface area (Å²) in [5.41, 5.74) is 3.79. The van der Waals surface area contributed by atoms with Crippen LogP contribution in [0.5, 0.6) is 11.5 Å². The predicted octanol–water partition coefficient (Wildman–Crippen LogP) is 7.65. The van der Waals surface area contributed by atoms with Crippen LogP contribution >= 0.6 is 45.8 Å². The largest absolute Gasteiger partial charge is 0.493 e. The Kier molecular flexibility index (Phi) is 8.04. The van der Waals surface area contributed by atoms with Gasteiger partial charge in [0.2, 0.25) is 5.90 Å². The first kappa shape index (κ1) is 25.5. The van der Waals surface area contributed by atoms with Crippen LogP contribution in [0.1, 0.15) is 42.0 Å². The third-order valence-electron chi connectivity index (χ3n) is 5.37. The third kappa shape index (κ3) is 6.00. The van der Waals surface area contributed by atoms with Crippen molar-refractivity contribution in [3.63, 3.8) is 0 Å². The molecular weight excluding hydrogens is 600 g/mol. The Labute approximate surface area is 227 Å². The molecule has 0 amide bonds. The van der Waals surface area contributed by atoms with E-state index in [1.54, 1.807) is 31.4 Å². The zero-order chi connectivity index (χ0) is 25.1. The highest BCUT2D eigenvalue weighted by Crippen LogP contribution is 2.36. The van der Waals surface area contributed by atoms with Crippen molar-refractivity contribution in [1.82, 2.24) is 0 Å². The molecule has 180 valence electrons. The number of hydrogen-bond acceptors (Lipinski definition) is 5. The molecule has 1 heterocycles. The Bertz CT molecular complexity index is 1330. The van der Waals surface area contributed by atoms with Crippen molar-refractivity contribution in [3.8, 4) is 11.5 Å². The number of carbonyl (C=O) groups is 1. The van der Waals surface area contributed by atoms with E-state index < -0.39 is 5.97 Å². The number of ether oxygens (including phenoxy) is 3. The van der Waals surface area contributed by atoms with E-state index in [9.17, 15) is 4.79 Å². The zero-order valence-electron chi connectivity index (χ0n) is 19.3. The van der Waals surface area contributed by atoms with Crippen LogP contribution < -0.4 is 9.47 Å². The lowest BCUT2D eigenvalue weighted by molar-refractivity contribution is -0.129. The van der Waals surface area contributed by atoms with Gasteiger partial charge in [0.1, 0.15) is 6.61 Å². The van der Waals surface area contributed by atoms with Crippen LogP contribution in [0.15, 0.2) is 65.3 Å². The molecule has 3 aromatic carbocycles. The number of rotatable bonds is 7. The summed E-state index contributed by atoms with van der Waals surface area (Å²) >= 11 is 14.3. The Hall–Kier alpha value is -2.55. The van der Waals surface area contributed by atoms with Crippen molar-refractivity contribution >= 4 is 63.7 Å². The quantitative estimate of drug-likeness (QED) is 0.154. The van der Waals surface area contributed by atoms with Crippen molar-refractivity contribution in [2.45, 2.75) is 26.4 Å². The molecule has 0 spiro atoms. The van der Waals surface area contributed by atoms with Gasteiger partial charge in [-0.25, -0.2) is 9.79 Å². The van der Waals surface area contributed by atoms with E-state index in [1.165, 1.54) is 5.56 Å². The normalized spacial score (nSPS) is 14.3. The minimum Gasteiger partial charge on any atom is -0.493 e. The van der Waals surface area contributed by atoms with E-state index in [0.717, 1.165) is 20.3 Å². The molecule has 0 saturated heterocycles. The number of nitrogens with zero attached hydrogens (tertiary/aromatic N) is 1. The minimum absolute atomic E-state index is 0.218. The maximum atomic E-state index is 12.5. The molecule has 0 aliphatic carbocycles. The lowest BCUT2D eigenvalue weighted by Gasteiger charge is -2.14. The van der Waals surface area contributed by atoms with Gasteiger partial charge in [-0.15, -0.1) is 0 Å². The van der Waals surface area contributed by atoms with Crippen molar-refractivity contribution < 1.29 is 19.0 Å². The van der Waals surface area contributed by atoms with E-state index in [2.05, 4.69) is 41.4 Å². The van der Waals surface area contributed by atoms with Crippen molar-refractivity contribution in [3.05, 3.63) is 96.2 Å². The number of hydrogen-bond donors (Lipinski definition) is 0. The average molecular weight is 622 g/mol. The number of halogens is 3. The number of carbonyl (C=O) groups excluding carboxylic acids is 1. The molecule has 4 rings (SSSR count). The highest BCUT2D eigenvalue weighted by atomic mass is 127. The lowest BCUT2D eigenvalue weighted by Crippen LogP contribution is -2.05. The number of benzene rings is 3. The number of cyclic esters (lactones) is 1. The molecule has 35 heavy (non-hydrogen) atoms.